The molecule has 5 amide bonds. The van der Waals surface area contributed by atoms with Crippen molar-refractivity contribution in [2.75, 3.05) is 136 Å². The molecule has 570 valence electrons. The number of nitrogens with zero attached hydrogens (tertiary/aromatic N) is 4. The van der Waals surface area contributed by atoms with Gasteiger partial charge >= 0.3 is 30.1 Å². The van der Waals surface area contributed by atoms with E-state index < -0.39 is 30.1 Å². The fraction of sp³-hybridized carbons (Fsp3) is 0.622. The van der Waals surface area contributed by atoms with Gasteiger partial charge in [-0.25, -0.2) is 14.4 Å². The van der Waals surface area contributed by atoms with Crippen LogP contribution in [0.5, 0.6) is 0 Å². The molecule has 4 aliphatic heterocycles. The first-order valence-electron chi connectivity index (χ1n) is 35.6. The lowest BCUT2D eigenvalue weighted by Gasteiger charge is -2.43. The monoisotopic (exact) mass is 1660 g/mol. The lowest BCUT2D eigenvalue weighted by molar-refractivity contribution is -0.925. The summed E-state index contributed by atoms with van der Waals surface area (Å²) in [6, 6.07) is 16.2. The molecule has 4 heterocycles. The van der Waals surface area contributed by atoms with Gasteiger partial charge in [0.05, 0.1) is 132 Å². The zero-order chi connectivity index (χ0) is 73.8. The molecule has 5 aliphatic rings. The topological polar surface area (TPSA) is 282 Å². The highest BCUT2D eigenvalue weighted by atomic mass is 127. The predicted octanol–water partition coefficient (Wildman–Crippen LogP) is 3.01. The second kappa shape index (κ2) is 43.7. The average Bonchev–Trinajstić information content (AvgIpc) is 0.850. The number of nitrogens with one attached hydrogen (secondary N) is 4. The number of rotatable bonds is 22. The SMILES string of the molecule is CCCCOC(=O)C1CCC[N+](CC)(CC(=O)Nc2c(C)cccc2C(=O)OC)C1.CC[N+]1(CC(=O)Nc2c(C)cccc2C(=O)OC)CCCC(C(=O)N2CCCCCC2)C1.CC[N+]1(CC(=O)Nc2c(C)cccc2C(=O)OC)CCCC(C(=O)NC2CCCC2)C1.O=C([O-])C(F)(F)F.[I-].[I-]. The van der Waals surface area contributed by atoms with Crippen LogP contribution in [0, 0.1) is 38.5 Å². The number of esters is 4. The number of carbonyl (C=O) groups is 10. The minimum absolute atomic E-state index is 0. The van der Waals surface area contributed by atoms with Crippen molar-refractivity contribution < 1.29 is 147 Å². The minimum atomic E-state index is -5.19. The molecule has 1 aliphatic carbocycles. The number of para-hydroxylation sites is 3. The molecule has 4 N–H and O–H groups in total. The van der Waals surface area contributed by atoms with Crippen LogP contribution < -0.4 is 74.3 Å². The standard InChI is InChI=1S/C25H37N3O4.C24H35N3O4.C23H34N2O5.C2HF3O2.2HI/c1-4-28(16-10-12-20(17-28)24(30)27-14-7-5-6-8-15-27)18-22(29)26-23-19(2)11-9-13-21(23)25(31)32-3;1-4-27(14-8-10-18(15-27)23(29)25-19-11-5-6-12-19)16-21(28)26-22-17(2)9-7-13-20(22)24(30)31-3;1-5-7-14-30-22(27)18-11-9-13-25(6-2,15-18)16-20(26)24-21-17(3)10-8-12-19(21)23(28)29-4;3-2(4,5)1(6)7;;/h9,11,13,20H,4-8,10,12,14-18H2,1-3H3;7,9,13,18-19H,4-6,8,10-12,14-16H2,1-3H3,(H-,25,26,28,29,30);8,10,12,18H,5-7,9,11,13-16H2,1-4H3;(H,6,7);2*1H. The third kappa shape index (κ3) is 26.9. The number of alkyl halides is 3. The van der Waals surface area contributed by atoms with E-state index in [0.29, 0.717) is 92.6 Å². The van der Waals surface area contributed by atoms with Crippen LogP contribution in [0.4, 0.5) is 30.2 Å². The summed E-state index contributed by atoms with van der Waals surface area (Å²) in [5, 5.41) is 20.8. The van der Waals surface area contributed by atoms with Crippen LogP contribution in [0.15, 0.2) is 54.6 Å². The van der Waals surface area contributed by atoms with E-state index in [-0.39, 0.29) is 108 Å². The summed E-state index contributed by atoms with van der Waals surface area (Å²) in [4.78, 5) is 125. The first-order chi connectivity index (χ1) is 47.6. The molecule has 3 aromatic rings. The van der Waals surface area contributed by atoms with Gasteiger partial charge in [0.25, 0.3) is 17.7 Å². The van der Waals surface area contributed by atoms with Crippen molar-refractivity contribution in [2.24, 2.45) is 17.8 Å². The number of methoxy groups -OCH3 is 3. The number of hydrogen-bond acceptors (Lipinski definition) is 15. The van der Waals surface area contributed by atoms with E-state index in [2.05, 4.69) is 46.9 Å². The van der Waals surface area contributed by atoms with Crippen molar-refractivity contribution >= 4 is 76.4 Å². The predicted molar refractivity (Wildman–Crippen MR) is 370 cm³/mol. The smallest absolute Gasteiger partial charge is 0.430 e. The fourth-order valence-electron chi connectivity index (χ4n) is 14.4. The third-order valence-corrected chi connectivity index (χ3v) is 20.3. The number of anilines is 3. The molecule has 8 rings (SSSR count). The van der Waals surface area contributed by atoms with E-state index in [1.807, 2.05) is 45.9 Å². The Balaban J connectivity index is 0.000000375. The summed E-state index contributed by atoms with van der Waals surface area (Å²) >= 11 is 0. The summed E-state index contributed by atoms with van der Waals surface area (Å²) in [6.45, 7) is 23.8. The fourth-order valence-corrected chi connectivity index (χ4v) is 14.4. The number of likely N-dealkylation sites (tertiary alicyclic amines) is 4. The quantitative estimate of drug-likeness (QED) is 0.0370. The molecule has 6 unspecified atom stereocenters. The molecular formula is C74H109F3I2N8O15. The second-order valence-electron chi connectivity index (χ2n) is 27.3. The highest BCUT2D eigenvalue weighted by Gasteiger charge is 2.43. The molecule has 5 fully saturated rings. The minimum Gasteiger partial charge on any atom is -1.00 e. The van der Waals surface area contributed by atoms with Crippen LogP contribution in [0.3, 0.4) is 0 Å². The highest BCUT2D eigenvalue weighted by Crippen LogP contribution is 2.32. The van der Waals surface area contributed by atoms with E-state index in [9.17, 15) is 56.3 Å². The van der Waals surface area contributed by atoms with Crippen molar-refractivity contribution in [1.82, 2.24) is 10.2 Å². The summed E-state index contributed by atoms with van der Waals surface area (Å²) < 4.78 is 53.3. The summed E-state index contributed by atoms with van der Waals surface area (Å²) in [7, 11) is 3.99. The van der Waals surface area contributed by atoms with E-state index >= 15 is 0 Å². The number of likely N-dealkylation sites (N-methyl/N-ethyl adjacent to an activating group) is 3. The number of benzene rings is 3. The summed E-state index contributed by atoms with van der Waals surface area (Å²) in [5.41, 5.74) is 4.97. The van der Waals surface area contributed by atoms with Crippen LogP contribution in [-0.2, 0) is 52.5 Å². The molecule has 4 saturated heterocycles. The zero-order valence-corrected chi connectivity index (χ0v) is 65.5. The molecule has 6 atom stereocenters. The average molecular weight is 1660 g/mol. The van der Waals surface area contributed by atoms with Crippen molar-refractivity contribution in [3.8, 4) is 0 Å². The number of quaternary nitrogens is 3. The van der Waals surface area contributed by atoms with Crippen LogP contribution in [-0.4, -0.2) is 210 Å². The zero-order valence-electron chi connectivity index (χ0n) is 61.2. The lowest BCUT2D eigenvalue weighted by atomic mass is 9.93. The number of aliphatic carboxylic acids is 1. The molecule has 3 aromatic carbocycles. The van der Waals surface area contributed by atoms with Crippen LogP contribution in [0.2, 0.25) is 0 Å². The van der Waals surface area contributed by atoms with Crippen molar-refractivity contribution in [1.29, 1.82) is 0 Å². The van der Waals surface area contributed by atoms with Gasteiger partial charge in [0, 0.05) is 19.1 Å². The van der Waals surface area contributed by atoms with E-state index in [4.69, 9.17) is 28.8 Å². The maximum Gasteiger partial charge on any atom is 0.430 e. The second-order valence-corrected chi connectivity index (χ2v) is 27.3. The first kappa shape index (κ1) is 89.7. The maximum absolute atomic E-state index is 13.2. The van der Waals surface area contributed by atoms with Crippen LogP contribution in [0.25, 0.3) is 0 Å². The van der Waals surface area contributed by atoms with E-state index in [1.54, 1.807) is 36.4 Å². The van der Waals surface area contributed by atoms with Gasteiger partial charge in [0.15, 0.2) is 19.6 Å². The van der Waals surface area contributed by atoms with Gasteiger partial charge in [-0.05, 0) is 147 Å². The summed E-state index contributed by atoms with van der Waals surface area (Å²) in [6.07, 6.45) is 11.1. The molecule has 102 heavy (non-hydrogen) atoms. The first-order valence-corrected chi connectivity index (χ1v) is 35.6. The molecule has 0 spiro atoms. The Bertz CT molecular complexity index is 3300. The molecule has 23 nitrogen and oxygen atoms in total. The van der Waals surface area contributed by atoms with Gasteiger partial charge in [0.2, 0.25) is 11.8 Å². The Kier molecular flexibility index (Phi) is 38.4. The number of hydrogen-bond donors (Lipinski definition) is 4. The van der Waals surface area contributed by atoms with E-state index in [0.717, 1.165) is 146 Å². The van der Waals surface area contributed by atoms with Gasteiger partial charge in [-0.15, -0.1) is 0 Å². The number of piperidine rings is 3. The van der Waals surface area contributed by atoms with Gasteiger partial charge < -0.3 is 116 Å². The maximum atomic E-state index is 13.2. The van der Waals surface area contributed by atoms with Crippen LogP contribution >= 0.6 is 0 Å². The molecular weight excluding hydrogens is 1550 g/mol. The number of unbranched alkanes of at least 4 members (excludes halogenated alkanes) is 1. The number of amides is 5. The van der Waals surface area contributed by atoms with Crippen molar-refractivity contribution in [2.45, 2.75) is 163 Å². The Morgan fingerprint density at radius 2 is 0.863 bits per heavy atom. The van der Waals surface area contributed by atoms with E-state index in [1.165, 1.54) is 47.0 Å². The Morgan fingerprint density at radius 3 is 1.22 bits per heavy atom. The summed E-state index contributed by atoms with van der Waals surface area (Å²) in [5.74, 6) is -4.84. The Hall–Kier alpha value is -6.51. The molecule has 0 bridgehead atoms. The molecule has 0 radical (unpaired) electrons. The third-order valence-electron chi connectivity index (χ3n) is 20.3. The van der Waals surface area contributed by atoms with Gasteiger partial charge in [-0.3, -0.25) is 28.8 Å². The number of aryl methyl sites for hydroxylation is 3. The molecule has 1 saturated carbocycles. The molecule has 0 aromatic heterocycles. The van der Waals surface area contributed by atoms with Gasteiger partial charge in [-0.2, -0.15) is 13.2 Å². The number of halogens is 5. The largest absolute Gasteiger partial charge is 1.00 e. The van der Waals surface area contributed by atoms with Gasteiger partial charge in [-0.1, -0.05) is 75.4 Å². The van der Waals surface area contributed by atoms with Crippen LogP contribution in [0.1, 0.15) is 178 Å². The Labute approximate surface area is 633 Å². The number of carbonyl (C=O) groups excluding carboxylic acids is 10. The lowest BCUT2D eigenvalue weighted by Crippen LogP contribution is -3.00. The number of carboxylic acid groups (broad SMARTS) is 1. The Morgan fingerprint density at radius 1 is 0.510 bits per heavy atom. The number of carboxylic acids is 1. The van der Waals surface area contributed by atoms with Crippen molar-refractivity contribution in [3.05, 3.63) is 88.0 Å². The highest BCUT2D eigenvalue weighted by molar-refractivity contribution is 6.04. The normalized spacial score (nSPS) is 21.7. The molecule has 28 heteroatoms. The van der Waals surface area contributed by atoms with Crippen molar-refractivity contribution in [3.63, 3.8) is 0 Å². The number of ether oxygens (including phenoxy) is 4. The van der Waals surface area contributed by atoms with Gasteiger partial charge in [0.1, 0.15) is 11.9 Å².